The number of hydrogen-bond donors (Lipinski definition) is 1. The zero-order valence-corrected chi connectivity index (χ0v) is 13.9. The first-order valence-corrected chi connectivity index (χ1v) is 8.84. The maximum absolute atomic E-state index is 13.8. The van der Waals surface area contributed by atoms with Gasteiger partial charge in [0.2, 0.25) is 10.0 Å². The van der Waals surface area contributed by atoms with E-state index in [4.69, 9.17) is 5.14 Å². The van der Waals surface area contributed by atoms with E-state index >= 15 is 0 Å². The van der Waals surface area contributed by atoms with Crippen molar-refractivity contribution in [1.82, 2.24) is 4.90 Å². The van der Waals surface area contributed by atoms with Gasteiger partial charge in [-0.25, -0.2) is 17.9 Å². The summed E-state index contributed by atoms with van der Waals surface area (Å²) in [6.45, 7) is 0. The van der Waals surface area contributed by atoms with Crippen molar-refractivity contribution in [3.8, 4) is 0 Å². The molecule has 0 spiro atoms. The highest BCUT2D eigenvalue weighted by Gasteiger charge is 2.26. The number of nitrogens with two attached hydrogens (primary N) is 1. The first kappa shape index (κ1) is 16.4. The van der Waals surface area contributed by atoms with Crippen molar-refractivity contribution in [3.63, 3.8) is 0 Å². The second kappa shape index (κ2) is 6.02. The van der Waals surface area contributed by atoms with E-state index < -0.39 is 26.6 Å². The predicted molar refractivity (Wildman–Crippen MR) is 79.8 cm³/mol. The summed E-state index contributed by atoms with van der Waals surface area (Å²) in [6, 6.07) is 2.24. The third kappa shape index (κ3) is 3.44. The van der Waals surface area contributed by atoms with Crippen molar-refractivity contribution in [2.24, 2.45) is 5.14 Å². The van der Waals surface area contributed by atoms with Gasteiger partial charge in [0, 0.05) is 18.7 Å². The molecule has 0 bridgehead atoms. The van der Waals surface area contributed by atoms with Gasteiger partial charge >= 0.3 is 0 Å². The number of benzene rings is 1. The monoisotopic (exact) mass is 378 g/mol. The van der Waals surface area contributed by atoms with Crippen molar-refractivity contribution in [3.05, 3.63) is 28.0 Å². The number of carbonyl (C=O) groups excluding carboxylic acids is 1. The largest absolute Gasteiger partial charge is 0.339 e. The third-order valence-electron chi connectivity index (χ3n) is 3.74. The Morgan fingerprint density at radius 1 is 1.38 bits per heavy atom. The number of hydrogen-bond acceptors (Lipinski definition) is 3. The number of sulfonamides is 1. The van der Waals surface area contributed by atoms with Gasteiger partial charge in [0.1, 0.15) is 5.82 Å². The molecule has 8 heteroatoms. The number of halogens is 2. The van der Waals surface area contributed by atoms with Gasteiger partial charge in [-0.05, 0) is 40.9 Å². The van der Waals surface area contributed by atoms with Crippen molar-refractivity contribution < 1.29 is 17.6 Å². The minimum Gasteiger partial charge on any atom is -0.339 e. The predicted octanol–water partition coefficient (Wildman–Crippen LogP) is 2.25. The Morgan fingerprint density at radius 2 is 1.95 bits per heavy atom. The Morgan fingerprint density at radius 3 is 2.48 bits per heavy atom. The topological polar surface area (TPSA) is 80.5 Å². The Hall–Kier alpha value is -0.990. The maximum atomic E-state index is 13.8. The lowest BCUT2D eigenvalue weighted by Gasteiger charge is -2.24. The van der Waals surface area contributed by atoms with E-state index in [0.717, 1.165) is 37.8 Å². The first-order valence-electron chi connectivity index (χ1n) is 6.51. The number of carbonyl (C=O) groups is 1. The van der Waals surface area contributed by atoms with Gasteiger partial charge in [0.15, 0.2) is 0 Å². The fourth-order valence-corrected chi connectivity index (χ4v) is 4.10. The molecule has 1 aliphatic carbocycles. The van der Waals surface area contributed by atoms with Crippen LogP contribution in [0, 0.1) is 5.82 Å². The third-order valence-corrected chi connectivity index (χ3v) is 5.74. The fourth-order valence-electron chi connectivity index (χ4n) is 2.56. The van der Waals surface area contributed by atoms with E-state index in [1.807, 2.05) is 0 Å². The van der Waals surface area contributed by atoms with Gasteiger partial charge in [-0.15, -0.1) is 0 Å². The molecule has 1 aromatic rings. The maximum Gasteiger partial charge on any atom is 0.253 e. The molecule has 2 N–H and O–H groups in total. The zero-order valence-electron chi connectivity index (χ0n) is 11.5. The average Bonchev–Trinajstić information content (AvgIpc) is 2.92. The molecule has 0 heterocycles. The Labute approximate surface area is 131 Å². The van der Waals surface area contributed by atoms with Crippen LogP contribution in [0.1, 0.15) is 36.0 Å². The lowest BCUT2D eigenvalue weighted by molar-refractivity contribution is 0.0734. The number of rotatable bonds is 3. The summed E-state index contributed by atoms with van der Waals surface area (Å²) in [5.41, 5.74) is -0.0193. The molecular formula is C13H16BrFN2O3S. The van der Waals surface area contributed by atoms with Crippen molar-refractivity contribution in [2.75, 3.05) is 7.05 Å². The minimum absolute atomic E-state index is 0.0193. The molecule has 0 aliphatic heterocycles. The van der Waals surface area contributed by atoms with Crippen LogP contribution in [0.3, 0.4) is 0 Å². The molecule has 1 fully saturated rings. The van der Waals surface area contributed by atoms with Crippen molar-refractivity contribution in [2.45, 2.75) is 36.6 Å². The molecule has 0 unspecified atom stereocenters. The summed E-state index contributed by atoms with van der Waals surface area (Å²) < 4.78 is 36.5. The quantitative estimate of drug-likeness (QED) is 0.875. The van der Waals surface area contributed by atoms with E-state index in [-0.39, 0.29) is 16.1 Å². The molecule has 0 aromatic heterocycles. The average molecular weight is 379 g/mol. The molecule has 0 atom stereocenters. The highest BCUT2D eigenvalue weighted by atomic mass is 79.9. The fraction of sp³-hybridized carbons (Fsp3) is 0.462. The van der Waals surface area contributed by atoms with E-state index in [1.54, 1.807) is 11.9 Å². The molecule has 2 rings (SSSR count). The summed E-state index contributed by atoms with van der Waals surface area (Å²) in [5.74, 6) is -1.23. The zero-order chi connectivity index (χ0) is 15.8. The van der Waals surface area contributed by atoms with Gasteiger partial charge in [-0.2, -0.15) is 0 Å². The number of nitrogens with zero attached hydrogens (tertiary/aromatic N) is 1. The number of amides is 1. The van der Waals surface area contributed by atoms with E-state index in [0.29, 0.717) is 0 Å². The van der Waals surface area contributed by atoms with E-state index in [9.17, 15) is 17.6 Å². The summed E-state index contributed by atoms with van der Waals surface area (Å²) in [7, 11) is -2.47. The Kier molecular flexibility index (Phi) is 4.69. The van der Waals surface area contributed by atoms with Crippen LogP contribution >= 0.6 is 15.9 Å². The molecule has 1 aromatic carbocycles. The van der Waals surface area contributed by atoms with Gasteiger partial charge in [-0.3, -0.25) is 4.79 Å². The highest BCUT2D eigenvalue weighted by molar-refractivity contribution is 9.10. The molecule has 1 saturated carbocycles. The second-order valence-electron chi connectivity index (χ2n) is 5.17. The molecule has 0 radical (unpaired) electrons. The lowest BCUT2D eigenvalue weighted by atomic mass is 10.1. The molecule has 1 aliphatic rings. The van der Waals surface area contributed by atoms with Gasteiger partial charge in [-0.1, -0.05) is 12.8 Å². The van der Waals surface area contributed by atoms with Crippen LogP contribution in [-0.4, -0.2) is 32.3 Å². The number of primary sulfonamides is 1. The van der Waals surface area contributed by atoms with Gasteiger partial charge in [0.05, 0.1) is 9.37 Å². The normalized spacial score (nSPS) is 16.2. The molecule has 0 saturated heterocycles. The van der Waals surface area contributed by atoms with E-state index in [2.05, 4.69) is 15.9 Å². The van der Waals surface area contributed by atoms with Crippen LogP contribution in [0.2, 0.25) is 0 Å². The molecular weight excluding hydrogens is 363 g/mol. The summed E-state index contributed by atoms with van der Waals surface area (Å²) in [5, 5.41) is 5.04. The van der Waals surface area contributed by atoms with E-state index in [1.165, 1.54) is 0 Å². The van der Waals surface area contributed by atoms with Crippen molar-refractivity contribution in [1.29, 1.82) is 0 Å². The van der Waals surface area contributed by atoms with Crippen LogP contribution in [0.4, 0.5) is 4.39 Å². The van der Waals surface area contributed by atoms with Gasteiger partial charge in [0.25, 0.3) is 5.91 Å². The molecule has 116 valence electrons. The lowest BCUT2D eigenvalue weighted by Crippen LogP contribution is -2.35. The molecule has 1 amide bonds. The van der Waals surface area contributed by atoms with Gasteiger partial charge < -0.3 is 4.90 Å². The second-order valence-corrected chi connectivity index (χ2v) is 7.49. The van der Waals surface area contributed by atoms with Crippen LogP contribution in [0.25, 0.3) is 0 Å². The first-order chi connectivity index (χ1) is 9.71. The van der Waals surface area contributed by atoms with Crippen LogP contribution in [0.5, 0.6) is 0 Å². The minimum atomic E-state index is -4.11. The highest BCUT2D eigenvalue weighted by Crippen LogP contribution is 2.28. The Bertz CT molecular complexity index is 672. The summed E-state index contributed by atoms with van der Waals surface area (Å²) in [6.07, 6.45) is 3.92. The molecule has 21 heavy (non-hydrogen) atoms. The Balaban J connectivity index is 2.40. The summed E-state index contributed by atoms with van der Waals surface area (Å²) >= 11 is 2.84. The van der Waals surface area contributed by atoms with Crippen molar-refractivity contribution >= 4 is 31.9 Å². The molecule has 5 nitrogen and oxygen atoms in total. The van der Waals surface area contributed by atoms with Crippen LogP contribution < -0.4 is 5.14 Å². The van der Waals surface area contributed by atoms with Crippen LogP contribution in [-0.2, 0) is 10.0 Å². The summed E-state index contributed by atoms with van der Waals surface area (Å²) in [4.78, 5) is 13.5. The van der Waals surface area contributed by atoms with Crippen LogP contribution in [0.15, 0.2) is 21.5 Å². The SMILES string of the molecule is CN(C(=O)c1cc(F)c(Br)c(S(N)(=O)=O)c1)C1CCCC1. The standard InChI is InChI=1S/C13H16BrFN2O3S/c1-17(9-4-2-3-5-9)13(18)8-6-10(15)12(14)11(7-8)21(16,19)20/h6-7,9H,2-5H2,1H3,(H2,16,19,20). The smallest absolute Gasteiger partial charge is 0.253 e.